The second-order valence-electron chi connectivity index (χ2n) is 8.89. The number of nitrogens with one attached hydrogen (secondary N) is 1. The van der Waals surface area contributed by atoms with E-state index in [0.717, 1.165) is 42.6 Å². The zero-order valence-corrected chi connectivity index (χ0v) is 19.4. The van der Waals surface area contributed by atoms with Gasteiger partial charge in [0.05, 0.1) is 5.69 Å². The molecular formula is C26H24F3N5O. The molecule has 0 aliphatic carbocycles. The molecule has 1 fully saturated rings. The number of anilines is 1. The van der Waals surface area contributed by atoms with Crippen LogP contribution in [0.25, 0.3) is 28.0 Å². The van der Waals surface area contributed by atoms with Crippen LogP contribution in [0, 0.1) is 24.4 Å². The van der Waals surface area contributed by atoms with E-state index in [1.165, 1.54) is 30.3 Å². The van der Waals surface area contributed by atoms with Crippen LogP contribution < -0.4 is 10.9 Å². The molecule has 6 nitrogen and oxygen atoms in total. The van der Waals surface area contributed by atoms with Gasteiger partial charge in [0.1, 0.15) is 23.1 Å². The molecule has 1 N–H and O–H groups in total. The molecule has 0 bridgehead atoms. The quantitative estimate of drug-likeness (QED) is 0.461. The highest BCUT2D eigenvalue weighted by Crippen LogP contribution is 2.31. The van der Waals surface area contributed by atoms with E-state index >= 15 is 0 Å². The number of pyridine rings is 1. The number of halogens is 3. The molecule has 180 valence electrons. The van der Waals surface area contributed by atoms with Crippen LogP contribution in [0.1, 0.15) is 18.4 Å². The van der Waals surface area contributed by atoms with Crippen molar-refractivity contribution in [3.63, 3.8) is 0 Å². The molecule has 0 unspecified atom stereocenters. The van der Waals surface area contributed by atoms with Crippen molar-refractivity contribution in [2.75, 3.05) is 25.5 Å². The van der Waals surface area contributed by atoms with E-state index < -0.39 is 22.9 Å². The van der Waals surface area contributed by atoms with Crippen LogP contribution >= 0.6 is 0 Å². The molecule has 0 amide bonds. The Morgan fingerprint density at radius 3 is 2.37 bits per heavy atom. The summed E-state index contributed by atoms with van der Waals surface area (Å²) in [5, 5.41) is 3.75. The molecule has 1 aliphatic heterocycles. The lowest BCUT2D eigenvalue weighted by atomic mass is 10.0. The van der Waals surface area contributed by atoms with Crippen molar-refractivity contribution in [1.29, 1.82) is 0 Å². The molecule has 4 aromatic rings. The Kier molecular flexibility index (Phi) is 6.02. The first kappa shape index (κ1) is 23.0. The molecule has 0 atom stereocenters. The molecule has 3 heterocycles. The fraction of sp³-hybridized carbons (Fsp3) is 0.269. The first-order chi connectivity index (χ1) is 16.8. The second-order valence-corrected chi connectivity index (χ2v) is 8.89. The minimum Gasteiger partial charge on any atom is -0.351 e. The monoisotopic (exact) mass is 479 g/mol. The molecule has 2 aromatic heterocycles. The summed E-state index contributed by atoms with van der Waals surface area (Å²) in [5.41, 5.74) is 0.620. The number of piperidine rings is 1. The number of fused-ring (bicyclic) bond motifs is 1. The number of hydrogen-bond donors (Lipinski definition) is 1. The third-order valence-corrected chi connectivity index (χ3v) is 6.41. The second kappa shape index (κ2) is 9.14. The summed E-state index contributed by atoms with van der Waals surface area (Å²) in [6.07, 6.45) is 1.73. The van der Waals surface area contributed by atoms with Gasteiger partial charge in [-0.3, -0.25) is 9.36 Å². The van der Waals surface area contributed by atoms with Gasteiger partial charge in [-0.2, -0.15) is 4.98 Å². The third kappa shape index (κ3) is 4.39. The van der Waals surface area contributed by atoms with Crippen molar-refractivity contribution < 1.29 is 13.2 Å². The van der Waals surface area contributed by atoms with Crippen molar-refractivity contribution in [2.24, 2.45) is 0 Å². The number of aryl methyl sites for hydroxylation is 1. The van der Waals surface area contributed by atoms with Crippen molar-refractivity contribution in [3.8, 4) is 16.9 Å². The van der Waals surface area contributed by atoms with Crippen LogP contribution in [-0.2, 0) is 0 Å². The largest absolute Gasteiger partial charge is 0.351 e. The maximum Gasteiger partial charge on any atom is 0.256 e. The number of nitrogens with zero attached hydrogens (tertiary/aromatic N) is 4. The van der Waals surface area contributed by atoms with E-state index in [-0.39, 0.29) is 23.5 Å². The topological polar surface area (TPSA) is 63.1 Å². The minimum absolute atomic E-state index is 0.0608. The van der Waals surface area contributed by atoms with Crippen LogP contribution in [0.2, 0.25) is 0 Å². The zero-order valence-electron chi connectivity index (χ0n) is 19.4. The predicted molar refractivity (Wildman–Crippen MR) is 129 cm³/mol. The molecule has 0 spiro atoms. The van der Waals surface area contributed by atoms with Crippen LogP contribution in [0.3, 0.4) is 0 Å². The number of aromatic nitrogens is 3. The fourth-order valence-electron chi connectivity index (χ4n) is 4.53. The molecule has 2 aromatic carbocycles. The number of benzene rings is 2. The SMILES string of the molecule is Cc1cc(F)ccc1-c1nc(NC2CCN(C)CC2)nc2c1ccc(=O)n2-c1c(F)cccc1F. The van der Waals surface area contributed by atoms with Crippen LogP contribution in [-0.4, -0.2) is 45.6 Å². The van der Waals surface area contributed by atoms with Gasteiger partial charge in [-0.05, 0) is 81.9 Å². The normalized spacial score (nSPS) is 15.0. The van der Waals surface area contributed by atoms with Gasteiger partial charge in [0.25, 0.3) is 5.56 Å². The van der Waals surface area contributed by atoms with Crippen molar-refractivity contribution >= 4 is 17.0 Å². The minimum atomic E-state index is -0.887. The molecule has 0 saturated carbocycles. The van der Waals surface area contributed by atoms with E-state index in [9.17, 15) is 18.0 Å². The third-order valence-electron chi connectivity index (χ3n) is 6.41. The number of rotatable bonds is 4. The van der Waals surface area contributed by atoms with Crippen LogP contribution in [0.15, 0.2) is 53.3 Å². The average molecular weight is 480 g/mol. The van der Waals surface area contributed by atoms with E-state index in [2.05, 4.69) is 22.2 Å². The lowest BCUT2D eigenvalue weighted by Gasteiger charge is -2.29. The van der Waals surface area contributed by atoms with Gasteiger partial charge in [0.15, 0.2) is 5.65 Å². The van der Waals surface area contributed by atoms with Crippen molar-refractivity contribution in [1.82, 2.24) is 19.4 Å². The number of para-hydroxylation sites is 1. The summed E-state index contributed by atoms with van der Waals surface area (Å²) in [4.78, 5) is 24.4. The maximum atomic E-state index is 14.8. The van der Waals surface area contributed by atoms with E-state index in [4.69, 9.17) is 4.98 Å². The maximum absolute atomic E-state index is 14.8. The number of hydrogen-bond acceptors (Lipinski definition) is 5. The van der Waals surface area contributed by atoms with Crippen molar-refractivity contribution in [2.45, 2.75) is 25.8 Å². The standard InChI is InChI=1S/C26H24F3N5O/c1-15-14-16(27)6-7-18(15)23-19-8-9-22(35)34(24-20(28)4-3-5-21(24)29)25(19)32-26(31-23)30-17-10-12-33(2)13-11-17/h3-9,14,17H,10-13H2,1-2H3,(H,30,31,32). The highest BCUT2D eigenvalue weighted by Gasteiger charge is 2.22. The highest BCUT2D eigenvalue weighted by atomic mass is 19.1. The Bertz CT molecular complexity index is 1460. The first-order valence-corrected chi connectivity index (χ1v) is 11.4. The highest BCUT2D eigenvalue weighted by molar-refractivity contribution is 5.93. The average Bonchev–Trinajstić information content (AvgIpc) is 2.81. The molecule has 0 radical (unpaired) electrons. The Balaban J connectivity index is 1.77. The van der Waals surface area contributed by atoms with Gasteiger partial charge >= 0.3 is 0 Å². The van der Waals surface area contributed by atoms with Crippen LogP contribution in [0.4, 0.5) is 19.1 Å². The number of likely N-dealkylation sites (tertiary alicyclic amines) is 1. The molecule has 5 rings (SSSR count). The zero-order chi connectivity index (χ0) is 24.7. The summed E-state index contributed by atoms with van der Waals surface area (Å²) in [6, 6.07) is 10.6. The van der Waals surface area contributed by atoms with Crippen LogP contribution in [0.5, 0.6) is 0 Å². The van der Waals surface area contributed by atoms with E-state index in [1.807, 2.05) is 0 Å². The summed E-state index contributed by atoms with van der Waals surface area (Å²) >= 11 is 0. The smallest absolute Gasteiger partial charge is 0.256 e. The van der Waals surface area contributed by atoms with Crippen molar-refractivity contribution in [3.05, 3.63) is 81.9 Å². The molecule has 9 heteroatoms. The summed E-state index contributed by atoms with van der Waals surface area (Å²) in [5.74, 6) is -1.92. The van der Waals surface area contributed by atoms with E-state index in [1.54, 1.807) is 13.0 Å². The first-order valence-electron chi connectivity index (χ1n) is 11.4. The van der Waals surface area contributed by atoms with E-state index in [0.29, 0.717) is 22.2 Å². The van der Waals surface area contributed by atoms with Gasteiger partial charge in [0.2, 0.25) is 5.95 Å². The summed E-state index contributed by atoms with van der Waals surface area (Å²) in [6.45, 7) is 3.56. The van der Waals surface area contributed by atoms with Gasteiger partial charge in [0, 0.05) is 23.1 Å². The van der Waals surface area contributed by atoms with Gasteiger partial charge in [-0.1, -0.05) is 6.07 Å². The predicted octanol–water partition coefficient (Wildman–Crippen LogP) is 4.68. The molecular weight excluding hydrogens is 455 g/mol. The van der Waals surface area contributed by atoms with Gasteiger partial charge in [-0.15, -0.1) is 0 Å². The van der Waals surface area contributed by atoms with Gasteiger partial charge < -0.3 is 10.2 Å². The molecule has 1 aliphatic rings. The summed E-state index contributed by atoms with van der Waals surface area (Å²) in [7, 11) is 2.06. The Morgan fingerprint density at radius 1 is 0.971 bits per heavy atom. The lowest BCUT2D eigenvalue weighted by molar-refractivity contribution is 0.263. The Labute approximate surface area is 200 Å². The Hall–Kier alpha value is -3.72. The fourth-order valence-corrected chi connectivity index (χ4v) is 4.53. The summed E-state index contributed by atoms with van der Waals surface area (Å²) < 4.78 is 44.3. The molecule has 1 saturated heterocycles. The Morgan fingerprint density at radius 2 is 1.69 bits per heavy atom. The lowest BCUT2D eigenvalue weighted by Crippen LogP contribution is -2.37. The molecule has 35 heavy (non-hydrogen) atoms. The van der Waals surface area contributed by atoms with Gasteiger partial charge in [-0.25, -0.2) is 18.2 Å².